The molecule has 86 valence electrons. The van der Waals surface area contributed by atoms with E-state index in [0.29, 0.717) is 12.2 Å². The van der Waals surface area contributed by atoms with Gasteiger partial charge in [-0.15, -0.1) is 0 Å². The van der Waals surface area contributed by atoms with Crippen molar-refractivity contribution in [2.75, 3.05) is 5.32 Å². The molecule has 0 unspecified atom stereocenters. The third-order valence-electron chi connectivity index (χ3n) is 2.35. The Kier molecular flexibility index (Phi) is 3.35. The van der Waals surface area contributed by atoms with Crippen molar-refractivity contribution in [2.45, 2.75) is 6.54 Å². The van der Waals surface area contributed by atoms with Crippen LogP contribution in [0.2, 0.25) is 0 Å². The second kappa shape index (κ2) is 5.12. The molecule has 1 aromatic carbocycles. The summed E-state index contributed by atoms with van der Waals surface area (Å²) < 4.78 is 0. The molecule has 0 bridgehead atoms. The Hall–Kier alpha value is -2.36. The highest BCUT2D eigenvalue weighted by Gasteiger charge is 2.09. The Balaban J connectivity index is 2.12. The maximum absolute atomic E-state index is 11.0. The van der Waals surface area contributed by atoms with Crippen molar-refractivity contribution in [3.05, 3.63) is 59.9 Å². The quantitative estimate of drug-likeness (QED) is 0.843. The van der Waals surface area contributed by atoms with Gasteiger partial charge < -0.3 is 10.4 Å². The van der Waals surface area contributed by atoms with Crippen LogP contribution in [-0.2, 0) is 6.54 Å². The molecule has 1 heterocycles. The molecule has 0 fully saturated rings. The van der Waals surface area contributed by atoms with Crippen LogP contribution in [0.1, 0.15) is 16.1 Å². The number of carbonyl (C=O) groups is 1. The van der Waals surface area contributed by atoms with Crippen LogP contribution in [0.4, 0.5) is 5.69 Å². The first-order valence-corrected chi connectivity index (χ1v) is 5.23. The standard InChI is InChI=1S/C13H12N2O2/c16-13(17)11-7-4-8-14-12(11)9-15-10-5-2-1-3-6-10/h1-8,15H,9H2,(H,16,17). The molecule has 2 aromatic rings. The predicted octanol–water partition coefficient (Wildman–Crippen LogP) is 2.39. The first-order chi connectivity index (χ1) is 8.27. The highest BCUT2D eigenvalue weighted by molar-refractivity contribution is 5.88. The van der Waals surface area contributed by atoms with Crippen molar-refractivity contribution in [1.82, 2.24) is 4.98 Å². The number of carboxylic acid groups (broad SMARTS) is 1. The van der Waals surface area contributed by atoms with Crippen LogP contribution in [0, 0.1) is 0 Å². The second-order valence-electron chi connectivity index (χ2n) is 3.52. The molecule has 1 aromatic heterocycles. The van der Waals surface area contributed by atoms with E-state index >= 15 is 0 Å². The fraction of sp³-hybridized carbons (Fsp3) is 0.0769. The maximum atomic E-state index is 11.0. The van der Waals surface area contributed by atoms with Crippen molar-refractivity contribution in [3.8, 4) is 0 Å². The van der Waals surface area contributed by atoms with E-state index < -0.39 is 5.97 Å². The number of anilines is 1. The van der Waals surface area contributed by atoms with Crippen molar-refractivity contribution in [3.63, 3.8) is 0 Å². The van der Waals surface area contributed by atoms with Gasteiger partial charge in [0.2, 0.25) is 0 Å². The van der Waals surface area contributed by atoms with E-state index in [-0.39, 0.29) is 5.56 Å². The summed E-state index contributed by atoms with van der Waals surface area (Å²) in [6.45, 7) is 0.395. The zero-order chi connectivity index (χ0) is 12.1. The number of hydrogen-bond donors (Lipinski definition) is 2. The normalized spacial score (nSPS) is 9.88. The molecule has 2 rings (SSSR count). The number of aromatic nitrogens is 1. The van der Waals surface area contributed by atoms with Gasteiger partial charge in [-0.1, -0.05) is 18.2 Å². The molecule has 0 aliphatic carbocycles. The molecule has 0 aliphatic heterocycles. The van der Waals surface area contributed by atoms with Gasteiger partial charge in [-0.25, -0.2) is 4.79 Å². The zero-order valence-corrected chi connectivity index (χ0v) is 9.13. The van der Waals surface area contributed by atoms with Gasteiger partial charge in [-0.2, -0.15) is 0 Å². The summed E-state index contributed by atoms with van der Waals surface area (Å²) in [4.78, 5) is 15.0. The van der Waals surface area contributed by atoms with Crippen LogP contribution < -0.4 is 5.32 Å². The lowest BCUT2D eigenvalue weighted by Gasteiger charge is -2.07. The van der Waals surface area contributed by atoms with E-state index in [1.165, 1.54) is 0 Å². The lowest BCUT2D eigenvalue weighted by atomic mass is 10.2. The summed E-state index contributed by atoms with van der Waals surface area (Å²) in [5.74, 6) is -0.956. The zero-order valence-electron chi connectivity index (χ0n) is 9.13. The Bertz CT molecular complexity index is 512. The molecule has 0 saturated carbocycles. The lowest BCUT2D eigenvalue weighted by molar-refractivity contribution is 0.0695. The van der Waals surface area contributed by atoms with Gasteiger partial charge in [0.15, 0.2) is 0 Å². The first-order valence-electron chi connectivity index (χ1n) is 5.23. The van der Waals surface area contributed by atoms with Gasteiger partial charge in [0.25, 0.3) is 0 Å². The van der Waals surface area contributed by atoms with Crippen LogP contribution >= 0.6 is 0 Å². The summed E-state index contributed by atoms with van der Waals surface area (Å²) in [5.41, 5.74) is 1.70. The number of para-hydroxylation sites is 1. The highest BCUT2D eigenvalue weighted by atomic mass is 16.4. The molecule has 0 atom stereocenters. The number of nitrogens with one attached hydrogen (secondary N) is 1. The van der Waals surface area contributed by atoms with E-state index in [4.69, 9.17) is 5.11 Å². The van der Waals surface area contributed by atoms with Gasteiger partial charge in [0.1, 0.15) is 0 Å². The predicted molar refractivity (Wildman–Crippen MR) is 65.0 cm³/mol. The number of carboxylic acids is 1. The number of aromatic carboxylic acids is 1. The van der Waals surface area contributed by atoms with E-state index in [9.17, 15) is 4.79 Å². The number of pyridine rings is 1. The smallest absolute Gasteiger partial charge is 0.337 e. The van der Waals surface area contributed by atoms with Gasteiger partial charge in [-0.05, 0) is 24.3 Å². The molecule has 2 N–H and O–H groups in total. The lowest BCUT2D eigenvalue weighted by Crippen LogP contribution is -2.09. The second-order valence-corrected chi connectivity index (χ2v) is 3.52. The first kappa shape index (κ1) is 11.1. The molecule has 4 heteroatoms. The van der Waals surface area contributed by atoms with E-state index in [0.717, 1.165) is 5.69 Å². The number of benzene rings is 1. The third kappa shape index (κ3) is 2.81. The monoisotopic (exact) mass is 228 g/mol. The van der Waals surface area contributed by atoms with Crippen LogP contribution in [0.15, 0.2) is 48.7 Å². The summed E-state index contributed by atoms with van der Waals surface area (Å²) >= 11 is 0. The fourth-order valence-electron chi connectivity index (χ4n) is 1.52. The Morgan fingerprint density at radius 3 is 2.65 bits per heavy atom. The Labute approximate surface area is 98.9 Å². The van der Waals surface area contributed by atoms with Crippen LogP contribution in [0.5, 0.6) is 0 Å². The van der Waals surface area contributed by atoms with Crippen LogP contribution in [0.3, 0.4) is 0 Å². The van der Waals surface area contributed by atoms with Crippen molar-refractivity contribution < 1.29 is 9.90 Å². The molecule has 4 nitrogen and oxygen atoms in total. The van der Waals surface area contributed by atoms with Crippen LogP contribution in [0.25, 0.3) is 0 Å². The Morgan fingerprint density at radius 1 is 1.18 bits per heavy atom. The third-order valence-corrected chi connectivity index (χ3v) is 2.35. The number of rotatable bonds is 4. The summed E-state index contributed by atoms with van der Waals surface area (Å²) in [6.07, 6.45) is 1.59. The Morgan fingerprint density at radius 2 is 1.94 bits per heavy atom. The molecule has 0 saturated heterocycles. The summed E-state index contributed by atoms with van der Waals surface area (Å²) in [7, 11) is 0. The fourth-order valence-corrected chi connectivity index (χ4v) is 1.52. The average Bonchev–Trinajstić information content (AvgIpc) is 2.38. The SMILES string of the molecule is O=C(O)c1cccnc1CNc1ccccc1. The van der Waals surface area contributed by atoms with Gasteiger partial charge in [0, 0.05) is 11.9 Å². The van der Waals surface area contributed by atoms with Crippen molar-refractivity contribution in [2.24, 2.45) is 0 Å². The molecule has 0 spiro atoms. The van der Waals surface area contributed by atoms with E-state index in [1.807, 2.05) is 30.3 Å². The largest absolute Gasteiger partial charge is 0.478 e. The van der Waals surface area contributed by atoms with Gasteiger partial charge in [-0.3, -0.25) is 4.98 Å². The minimum absolute atomic E-state index is 0.232. The van der Waals surface area contributed by atoms with Gasteiger partial charge >= 0.3 is 5.97 Å². The summed E-state index contributed by atoms with van der Waals surface area (Å²) in [5, 5.41) is 12.1. The van der Waals surface area contributed by atoms with Crippen molar-refractivity contribution in [1.29, 1.82) is 0 Å². The minimum atomic E-state index is -0.956. The molecule has 0 radical (unpaired) electrons. The van der Waals surface area contributed by atoms with Crippen LogP contribution in [-0.4, -0.2) is 16.1 Å². The van der Waals surface area contributed by atoms with Crippen molar-refractivity contribution >= 4 is 11.7 Å². The molecule has 0 aliphatic rings. The highest BCUT2D eigenvalue weighted by Crippen LogP contribution is 2.10. The minimum Gasteiger partial charge on any atom is -0.478 e. The molecule has 0 amide bonds. The topological polar surface area (TPSA) is 62.2 Å². The van der Waals surface area contributed by atoms with E-state index in [2.05, 4.69) is 10.3 Å². The summed E-state index contributed by atoms with van der Waals surface area (Å²) in [6, 6.07) is 12.8. The van der Waals surface area contributed by atoms with E-state index in [1.54, 1.807) is 18.3 Å². The number of hydrogen-bond acceptors (Lipinski definition) is 3. The van der Waals surface area contributed by atoms with Gasteiger partial charge in [0.05, 0.1) is 17.8 Å². The molecular formula is C13H12N2O2. The molecular weight excluding hydrogens is 216 g/mol. The average molecular weight is 228 g/mol. The maximum Gasteiger partial charge on any atom is 0.337 e. The number of nitrogens with zero attached hydrogens (tertiary/aromatic N) is 1. The molecule has 17 heavy (non-hydrogen) atoms.